The lowest BCUT2D eigenvalue weighted by molar-refractivity contribution is 0.102. The SMILES string of the molecule is CCN1CCN(c2ccc(NC(=O)c3cccc(OC(C)C)c3)cc2Cl)CC1. The number of anilines is 2. The molecular weight excluding hydrogens is 374 g/mol. The van der Waals surface area contributed by atoms with Crippen LogP contribution in [0.3, 0.4) is 0 Å². The summed E-state index contributed by atoms with van der Waals surface area (Å²) in [6, 6.07) is 12.9. The molecule has 2 aromatic rings. The molecule has 1 aliphatic rings. The molecule has 0 spiro atoms. The van der Waals surface area contributed by atoms with E-state index in [9.17, 15) is 4.79 Å². The van der Waals surface area contributed by atoms with Gasteiger partial charge in [-0.3, -0.25) is 4.79 Å². The van der Waals surface area contributed by atoms with Crippen molar-refractivity contribution in [1.29, 1.82) is 0 Å². The Balaban J connectivity index is 1.67. The molecular formula is C22H28ClN3O2. The fraction of sp³-hybridized carbons (Fsp3) is 0.409. The van der Waals surface area contributed by atoms with Crippen molar-refractivity contribution >= 4 is 28.9 Å². The lowest BCUT2D eigenvalue weighted by Crippen LogP contribution is -2.46. The number of piperazine rings is 1. The van der Waals surface area contributed by atoms with Crippen molar-refractivity contribution < 1.29 is 9.53 Å². The highest BCUT2D eigenvalue weighted by Crippen LogP contribution is 2.30. The van der Waals surface area contributed by atoms with Gasteiger partial charge in [0.25, 0.3) is 5.91 Å². The summed E-state index contributed by atoms with van der Waals surface area (Å²) in [7, 11) is 0. The zero-order valence-electron chi connectivity index (χ0n) is 16.7. The fourth-order valence-electron chi connectivity index (χ4n) is 3.33. The number of halogens is 1. The first-order valence-electron chi connectivity index (χ1n) is 9.81. The number of benzene rings is 2. The minimum absolute atomic E-state index is 0.0591. The van der Waals surface area contributed by atoms with E-state index in [2.05, 4.69) is 22.0 Å². The molecule has 0 saturated carbocycles. The zero-order valence-corrected chi connectivity index (χ0v) is 17.5. The van der Waals surface area contributed by atoms with Gasteiger partial charge in [-0.05, 0) is 56.8 Å². The molecule has 6 heteroatoms. The lowest BCUT2D eigenvalue weighted by atomic mass is 10.2. The zero-order chi connectivity index (χ0) is 20.1. The summed E-state index contributed by atoms with van der Waals surface area (Å²) in [5.74, 6) is 0.497. The van der Waals surface area contributed by atoms with Crippen LogP contribution in [0.15, 0.2) is 42.5 Å². The highest BCUT2D eigenvalue weighted by atomic mass is 35.5. The van der Waals surface area contributed by atoms with E-state index in [0.717, 1.165) is 38.4 Å². The molecule has 1 aliphatic heterocycles. The second kappa shape index (κ2) is 9.30. The van der Waals surface area contributed by atoms with Crippen molar-refractivity contribution in [3.05, 3.63) is 53.1 Å². The van der Waals surface area contributed by atoms with E-state index in [1.54, 1.807) is 12.1 Å². The monoisotopic (exact) mass is 401 g/mol. The lowest BCUT2D eigenvalue weighted by Gasteiger charge is -2.36. The molecule has 1 heterocycles. The number of carbonyl (C=O) groups excluding carboxylic acids is 1. The number of hydrogen-bond acceptors (Lipinski definition) is 4. The van der Waals surface area contributed by atoms with Gasteiger partial charge < -0.3 is 19.9 Å². The maximum atomic E-state index is 12.6. The first-order valence-corrected chi connectivity index (χ1v) is 10.2. The van der Waals surface area contributed by atoms with Crippen LogP contribution >= 0.6 is 11.6 Å². The number of nitrogens with zero attached hydrogens (tertiary/aromatic N) is 2. The Morgan fingerprint density at radius 3 is 2.54 bits per heavy atom. The largest absolute Gasteiger partial charge is 0.491 e. The highest BCUT2D eigenvalue weighted by Gasteiger charge is 2.18. The third-order valence-corrected chi connectivity index (χ3v) is 5.14. The van der Waals surface area contributed by atoms with Gasteiger partial charge in [0.15, 0.2) is 0 Å². The number of likely N-dealkylation sites (N-methyl/N-ethyl adjacent to an activating group) is 1. The summed E-state index contributed by atoms with van der Waals surface area (Å²) in [4.78, 5) is 17.3. The molecule has 1 amide bonds. The van der Waals surface area contributed by atoms with Crippen LogP contribution in [0.4, 0.5) is 11.4 Å². The molecule has 1 fully saturated rings. The number of carbonyl (C=O) groups is 1. The summed E-state index contributed by atoms with van der Waals surface area (Å²) < 4.78 is 5.66. The maximum absolute atomic E-state index is 12.6. The Labute approximate surface area is 172 Å². The third kappa shape index (κ3) is 5.18. The van der Waals surface area contributed by atoms with Crippen LogP contribution in [0.5, 0.6) is 5.75 Å². The molecule has 0 aromatic heterocycles. The quantitative estimate of drug-likeness (QED) is 0.772. The molecule has 0 bridgehead atoms. The van der Waals surface area contributed by atoms with Gasteiger partial charge in [-0.15, -0.1) is 0 Å². The smallest absolute Gasteiger partial charge is 0.255 e. The molecule has 150 valence electrons. The molecule has 0 radical (unpaired) electrons. The Morgan fingerprint density at radius 1 is 1.14 bits per heavy atom. The predicted octanol–water partition coefficient (Wildman–Crippen LogP) is 4.52. The van der Waals surface area contributed by atoms with Crippen molar-refractivity contribution in [3.8, 4) is 5.75 Å². The molecule has 2 aromatic carbocycles. The first-order chi connectivity index (χ1) is 13.5. The van der Waals surface area contributed by atoms with Crippen molar-refractivity contribution in [3.63, 3.8) is 0 Å². The van der Waals surface area contributed by atoms with Crippen LogP contribution in [0.25, 0.3) is 0 Å². The van der Waals surface area contributed by atoms with Gasteiger partial charge in [-0.1, -0.05) is 24.6 Å². The first kappa shape index (κ1) is 20.5. The summed E-state index contributed by atoms with van der Waals surface area (Å²) in [5, 5.41) is 3.57. The van der Waals surface area contributed by atoms with E-state index in [4.69, 9.17) is 16.3 Å². The summed E-state index contributed by atoms with van der Waals surface area (Å²) in [6.07, 6.45) is 0.0591. The van der Waals surface area contributed by atoms with E-state index in [0.29, 0.717) is 22.0 Å². The van der Waals surface area contributed by atoms with Gasteiger partial charge in [-0.2, -0.15) is 0 Å². The van der Waals surface area contributed by atoms with Gasteiger partial charge in [-0.25, -0.2) is 0 Å². The molecule has 0 atom stereocenters. The van der Waals surface area contributed by atoms with Crippen LogP contribution in [0.1, 0.15) is 31.1 Å². The minimum Gasteiger partial charge on any atom is -0.491 e. The molecule has 5 nitrogen and oxygen atoms in total. The normalized spacial score (nSPS) is 15.0. The second-order valence-corrected chi connectivity index (χ2v) is 7.64. The number of hydrogen-bond donors (Lipinski definition) is 1. The van der Waals surface area contributed by atoms with Crippen molar-refractivity contribution in [2.75, 3.05) is 42.9 Å². The average molecular weight is 402 g/mol. The third-order valence-electron chi connectivity index (χ3n) is 4.83. The van der Waals surface area contributed by atoms with E-state index >= 15 is 0 Å². The molecule has 1 saturated heterocycles. The fourth-order valence-corrected chi connectivity index (χ4v) is 3.63. The number of rotatable bonds is 6. The van der Waals surface area contributed by atoms with E-state index < -0.39 is 0 Å². The van der Waals surface area contributed by atoms with Crippen molar-refractivity contribution in [1.82, 2.24) is 4.90 Å². The molecule has 28 heavy (non-hydrogen) atoms. The minimum atomic E-state index is -0.186. The van der Waals surface area contributed by atoms with Crippen LogP contribution in [0, 0.1) is 0 Å². The van der Waals surface area contributed by atoms with E-state index in [1.807, 2.05) is 44.2 Å². The standard InChI is InChI=1S/C22H28ClN3O2/c1-4-25-10-12-26(13-11-25)21-9-8-18(15-20(21)23)24-22(27)17-6-5-7-19(14-17)28-16(2)3/h5-9,14-16H,4,10-13H2,1-3H3,(H,24,27). The van der Waals surface area contributed by atoms with E-state index in [1.165, 1.54) is 0 Å². The number of nitrogens with one attached hydrogen (secondary N) is 1. The Bertz CT molecular complexity index is 817. The van der Waals surface area contributed by atoms with Crippen molar-refractivity contribution in [2.45, 2.75) is 26.9 Å². The Kier molecular flexibility index (Phi) is 6.81. The summed E-state index contributed by atoms with van der Waals surface area (Å²) >= 11 is 6.52. The molecule has 0 aliphatic carbocycles. The van der Waals surface area contributed by atoms with Gasteiger partial charge >= 0.3 is 0 Å². The maximum Gasteiger partial charge on any atom is 0.255 e. The number of amides is 1. The van der Waals surface area contributed by atoms with Gasteiger partial charge in [0.1, 0.15) is 5.75 Å². The molecule has 1 N–H and O–H groups in total. The average Bonchev–Trinajstić information content (AvgIpc) is 2.68. The van der Waals surface area contributed by atoms with Gasteiger partial charge in [0.05, 0.1) is 16.8 Å². The van der Waals surface area contributed by atoms with Crippen LogP contribution < -0.4 is 15.0 Å². The number of ether oxygens (including phenoxy) is 1. The topological polar surface area (TPSA) is 44.8 Å². The molecule has 3 rings (SSSR count). The van der Waals surface area contributed by atoms with Gasteiger partial charge in [0, 0.05) is 37.4 Å². The Morgan fingerprint density at radius 2 is 1.89 bits per heavy atom. The summed E-state index contributed by atoms with van der Waals surface area (Å²) in [5.41, 5.74) is 2.25. The predicted molar refractivity (Wildman–Crippen MR) is 116 cm³/mol. The molecule has 0 unspecified atom stereocenters. The van der Waals surface area contributed by atoms with E-state index in [-0.39, 0.29) is 12.0 Å². The van der Waals surface area contributed by atoms with Crippen LogP contribution in [-0.2, 0) is 0 Å². The summed E-state index contributed by atoms with van der Waals surface area (Å²) in [6.45, 7) is 11.2. The highest BCUT2D eigenvalue weighted by molar-refractivity contribution is 6.33. The van der Waals surface area contributed by atoms with Crippen LogP contribution in [-0.4, -0.2) is 49.6 Å². The Hall–Kier alpha value is -2.24. The van der Waals surface area contributed by atoms with Gasteiger partial charge in [0.2, 0.25) is 0 Å². The van der Waals surface area contributed by atoms with Crippen LogP contribution in [0.2, 0.25) is 5.02 Å². The second-order valence-electron chi connectivity index (χ2n) is 7.24. The van der Waals surface area contributed by atoms with Crippen molar-refractivity contribution in [2.24, 2.45) is 0 Å².